The third-order valence-electron chi connectivity index (χ3n) is 6.33. The number of hydrogen-bond acceptors (Lipinski definition) is 6. The van der Waals surface area contributed by atoms with Crippen molar-refractivity contribution in [3.63, 3.8) is 0 Å². The summed E-state index contributed by atoms with van der Waals surface area (Å²) in [6, 6.07) is 10.4. The topological polar surface area (TPSA) is 76.5 Å². The van der Waals surface area contributed by atoms with Crippen molar-refractivity contribution < 1.29 is 14.3 Å². The molecule has 1 atom stereocenters. The van der Waals surface area contributed by atoms with Crippen LogP contribution in [0.5, 0.6) is 0 Å². The van der Waals surface area contributed by atoms with Crippen LogP contribution in [0.15, 0.2) is 35.7 Å². The van der Waals surface area contributed by atoms with E-state index >= 15 is 0 Å². The van der Waals surface area contributed by atoms with E-state index in [2.05, 4.69) is 69.6 Å². The lowest BCUT2D eigenvalue weighted by Crippen LogP contribution is -2.42. The molecule has 0 bridgehead atoms. The number of carbonyl (C=O) groups excluding carboxylic acids is 2. The Morgan fingerprint density at radius 2 is 2.03 bits per heavy atom. The van der Waals surface area contributed by atoms with Gasteiger partial charge in [-0.3, -0.25) is 14.5 Å². The van der Waals surface area contributed by atoms with E-state index in [0.717, 1.165) is 28.1 Å². The Bertz CT molecular complexity index is 1260. The lowest BCUT2D eigenvalue weighted by molar-refractivity contribution is -0.122. The first-order chi connectivity index (χ1) is 17.6. The van der Waals surface area contributed by atoms with E-state index < -0.39 is 0 Å². The van der Waals surface area contributed by atoms with Crippen LogP contribution >= 0.6 is 23.1 Å². The number of carbonyl (C=O) groups is 2. The minimum atomic E-state index is -0.272. The quantitative estimate of drug-likeness (QED) is 0.399. The average Bonchev–Trinajstić information content (AvgIpc) is 3.47. The fourth-order valence-corrected chi connectivity index (χ4v) is 6.77. The van der Waals surface area contributed by atoms with Gasteiger partial charge < -0.3 is 10.1 Å². The van der Waals surface area contributed by atoms with Gasteiger partial charge in [-0.2, -0.15) is 5.10 Å². The van der Waals surface area contributed by atoms with Crippen LogP contribution in [0.4, 0.5) is 5.82 Å². The van der Waals surface area contributed by atoms with Crippen molar-refractivity contribution in [2.24, 2.45) is 0 Å². The molecule has 3 aromatic rings. The molecule has 3 heterocycles. The second kappa shape index (κ2) is 11.4. The van der Waals surface area contributed by atoms with Gasteiger partial charge in [-0.05, 0) is 43.3 Å². The fraction of sp³-hybridized carbons (Fsp3) is 0.464. The Kier molecular flexibility index (Phi) is 8.46. The van der Waals surface area contributed by atoms with E-state index in [1.807, 2.05) is 10.7 Å². The van der Waals surface area contributed by atoms with Crippen molar-refractivity contribution in [3.05, 3.63) is 63.0 Å². The van der Waals surface area contributed by atoms with Crippen molar-refractivity contribution in [2.75, 3.05) is 37.5 Å². The maximum absolute atomic E-state index is 13.7. The van der Waals surface area contributed by atoms with Crippen molar-refractivity contribution in [1.29, 1.82) is 0 Å². The third kappa shape index (κ3) is 5.94. The highest BCUT2D eigenvalue weighted by molar-refractivity contribution is 8.00. The number of anilines is 1. The Morgan fingerprint density at radius 1 is 1.24 bits per heavy atom. The van der Waals surface area contributed by atoms with E-state index in [1.54, 1.807) is 35.1 Å². The zero-order valence-corrected chi connectivity index (χ0v) is 24.1. The van der Waals surface area contributed by atoms with Crippen LogP contribution in [-0.2, 0) is 19.7 Å². The van der Waals surface area contributed by atoms with Crippen molar-refractivity contribution in [1.82, 2.24) is 15.1 Å². The van der Waals surface area contributed by atoms with Gasteiger partial charge in [0.05, 0.1) is 22.4 Å². The number of methoxy groups -OCH3 is 1. The average molecular weight is 541 g/mol. The molecule has 7 nitrogen and oxygen atoms in total. The van der Waals surface area contributed by atoms with Crippen molar-refractivity contribution >= 4 is 40.7 Å². The summed E-state index contributed by atoms with van der Waals surface area (Å²) in [7, 11) is 1.64. The molecule has 0 radical (unpaired) electrons. The number of thiophene rings is 1. The van der Waals surface area contributed by atoms with Gasteiger partial charge in [0.15, 0.2) is 0 Å². The number of nitrogens with one attached hydrogen (secondary N) is 1. The SMILES string of the molecule is COCCCNC(=O)CN1C(=O)CS[C@@H](c2cccs2)c2c(C(C)(C)C)nn(-c3ccc(C)cc3C)c21. The number of nitrogens with zero attached hydrogens (tertiary/aromatic N) is 3. The maximum Gasteiger partial charge on any atom is 0.240 e. The molecule has 2 amide bonds. The van der Waals surface area contributed by atoms with Crippen molar-refractivity contribution in [3.8, 4) is 5.69 Å². The number of rotatable bonds is 8. The molecule has 1 aliphatic heterocycles. The summed E-state index contributed by atoms with van der Waals surface area (Å²) in [5.41, 5.74) is 4.81. The second-order valence-electron chi connectivity index (χ2n) is 10.4. The minimum absolute atomic E-state index is 0.0533. The van der Waals surface area contributed by atoms with Gasteiger partial charge in [-0.25, -0.2) is 4.68 Å². The van der Waals surface area contributed by atoms with Crippen LogP contribution in [0.1, 0.15) is 59.7 Å². The molecule has 0 spiro atoms. The van der Waals surface area contributed by atoms with Gasteiger partial charge in [0, 0.05) is 36.1 Å². The number of aryl methyl sites for hydroxylation is 2. The molecular formula is C28H36N4O3S2. The lowest BCUT2D eigenvalue weighted by Gasteiger charge is -2.24. The van der Waals surface area contributed by atoms with Gasteiger partial charge >= 0.3 is 0 Å². The molecule has 0 fully saturated rings. The normalized spacial score (nSPS) is 16.0. The summed E-state index contributed by atoms with van der Waals surface area (Å²) in [4.78, 5) is 29.5. The first kappa shape index (κ1) is 27.4. The zero-order chi connectivity index (χ0) is 26.7. The van der Waals surface area contributed by atoms with E-state index in [0.29, 0.717) is 25.4 Å². The fourth-order valence-electron chi connectivity index (χ4n) is 4.59. The highest BCUT2D eigenvalue weighted by Crippen LogP contribution is 2.49. The zero-order valence-electron chi connectivity index (χ0n) is 22.5. The highest BCUT2D eigenvalue weighted by Gasteiger charge is 2.40. The van der Waals surface area contributed by atoms with E-state index in [9.17, 15) is 9.59 Å². The molecule has 37 heavy (non-hydrogen) atoms. The highest BCUT2D eigenvalue weighted by atomic mass is 32.2. The largest absolute Gasteiger partial charge is 0.385 e. The Labute approximate surface area is 227 Å². The first-order valence-electron chi connectivity index (χ1n) is 12.5. The number of benzene rings is 1. The van der Waals surface area contributed by atoms with Gasteiger partial charge in [-0.1, -0.05) is 44.5 Å². The molecule has 0 aliphatic carbocycles. The second-order valence-corrected chi connectivity index (χ2v) is 12.5. The molecule has 0 saturated carbocycles. The van der Waals surface area contributed by atoms with Crippen LogP contribution in [0.3, 0.4) is 0 Å². The monoisotopic (exact) mass is 540 g/mol. The Morgan fingerprint density at radius 3 is 2.68 bits per heavy atom. The maximum atomic E-state index is 13.7. The number of amides is 2. The molecular weight excluding hydrogens is 504 g/mol. The minimum Gasteiger partial charge on any atom is -0.385 e. The summed E-state index contributed by atoms with van der Waals surface area (Å²) in [6.45, 7) is 11.6. The predicted octanol–water partition coefficient (Wildman–Crippen LogP) is 5.17. The lowest BCUT2D eigenvalue weighted by atomic mass is 9.88. The summed E-state index contributed by atoms with van der Waals surface area (Å²) < 4.78 is 6.99. The molecule has 198 valence electrons. The molecule has 0 unspecified atom stereocenters. The molecule has 1 aliphatic rings. The molecule has 1 aromatic carbocycles. The van der Waals surface area contributed by atoms with Crippen LogP contribution in [0, 0.1) is 13.8 Å². The van der Waals surface area contributed by atoms with Crippen LogP contribution in [0.25, 0.3) is 5.69 Å². The predicted molar refractivity (Wildman–Crippen MR) is 152 cm³/mol. The van der Waals surface area contributed by atoms with Gasteiger partial charge in [0.25, 0.3) is 0 Å². The van der Waals surface area contributed by atoms with Crippen LogP contribution in [-0.4, -0.2) is 54.2 Å². The van der Waals surface area contributed by atoms with Gasteiger partial charge in [0.1, 0.15) is 12.4 Å². The van der Waals surface area contributed by atoms with Crippen LogP contribution < -0.4 is 10.2 Å². The molecule has 4 rings (SSSR count). The van der Waals surface area contributed by atoms with E-state index in [1.165, 1.54) is 4.88 Å². The van der Waals surface area contributed by atoms with E-state index in [4.69, 9.17) is 9.84 Å². The number of thioether (sulfide) groups is 1. The number of fused-ring (bicyclic) bond motifs is 1. The smallest absolute Gasteiger partial charge is 0.240 e. The third-order valence-corrected chi connectivity index (χ3v) is 8.65. The summed E-state index contributed by atoms with van der Waals surface area (Å²) in [6.07, 6.45) is 0.715. The number of ether oxygens (including phenoxy) is 1. The van der Waals surface area contributed by atoms with E-state index in [-0.39, 0.29) is 34.8 Å². The van der Waals surface area contributed by atoms with Crippen molar-refractivity contribution in [2.45, 2.75) is 51.7 Å². The van der Waals surface area contributed by atoms with Gasteiger partial charge in [-0.15, -0.1) is 23.1 Å². The summed E-state index contributed by atoms with van der Waals surface area (Å²) in [5.74, 6) is 0.687. The number of hydrogen-bond donors (Lipinski definition) is 1. The van der Waals surface area contributed by atoms with Crippen LogP contribution in [0.2, 0.25) is 0 Å². The molecule has 2 aromatic heterocycles. The first-order valence-corrected chi connectivity index (χ1v) is 14.5. The summed E-state index contributed by atoms with van der Waals surface area (Å²) in [5, 5.41) is 10.1. The number of aromatic nitrogens is 2. The standard InChI is InChI=1S/C28H36N4O3S2/c1-18-10-11-20(19(2)15-18)32-27-24(26(30-32)28(3,4)5)25(21-9-7-14-36-21)37-17-23(34)31(27)16-22(33)29-12-8-13-35-6/h7,9-11,14-15,25H,8,12-13,16-17H2,1-6H3,(H,29,33)/t25-/m0/s1. The van der Waals surface area contributed by atoms with Gasteiger partial charge in [0.2, 0.25) is 11.8 Å². The Hall–Kier alpha value is -2.62. The molecule has 9 heteroatoms. The summed E-state index contributed by atoms with van der Waals surface area (Å²) >= 11 is 3.30. The Balaban J connectivity index is 1.90. The molecule has 0 saturated heterocycles. The molecule has 1 N–H and O–H groups in total.